The van der Waals surface area contributed by atoms with Crippen LogP contribution in [0.15, 0.2) is 0 Å². The van der Waals surface area contributed by atoms with Gasteiger partial charge in [0.05, 0.1) is 6.61 Å². The lowest BCUT2D eigenvalue weighted by Gasteiger charge is -2.09. The van der Waals surface area contributed by atoms with E-state index >= 15 is 0 Å². The highest BCUT2D eigenvalue weighted by atomic mass is 127. The minimum Gasteiger partial charge on any atom is -0.450 e. The second-order valence-corrected chi connectivity index (χ2v) is 3.85. The number of carbonyl (C=O) groups excluding carboxylic acids is 2. The van der Waals surface area contributed by atoms with Gasteiger partial charge in [0, 0.05) is 0 Å². The monoisotopic (exact) mass is 299 g/mol. The van der Waals surface area contributed by atoms with Gasteiger partial charge in [0.2, 0.25) is 0 Å². The molecule has 0 aliphatic rings. The van der Waals surface area contributed by atoms with Crippen molar-refractivity contribution in [1.29, 1.82) is 0 Å². The van der Waals surface area contributed by atoms with Crippen LogP contribution in [-0.4, -0.2) is 22.5 Å². The van der Waals surface area contributed by atoms with Gasteiger partial charge in [-0.25, -0.2) is 4.79 Å². The van der Waals surface area contributed by atoms with Crippen molar-refractivity contribution in [3.05, 3.63) is 0 Å². The SMILES string of the molecule is CCCCOC(=O)NC(I)C(C)=O. The summed E-state index contributed by atoms with van der Waals surface area (Å²) in [6.45, 7) is 3.84. The molecule has 0 aliphatic heterocycles. The first kappa shape index (κ1) is 12.7. The van der Waals surface area contributed by atoms with E-state index in [1.165, 1.54) is 6.92 Å². The molecule has 0 aromatic rings. The predicted octanol–water partition coefficient (Wildman–Crippen LogP) is 1.86. The molecule has 0 heterocycles. The summed E-state index contributed by atoms with van der Waals surface area (Å²) in [6, 6.07) is 0. The average molecular weight is 299 g/mol. The van der Waals surface area contributed by atoms with Gasteiger partial charge in [-0.15, -0.1) is 0 Å². The van der Waals surface area contributed by atoms with Crippen LogP contribution in [0.5, 0.6) is 0 Å². The maximum atomic E-state index is 10.9. The fourth-order valence-electron chi connectivity index (χ4n) is 0.556. The highest BCUT2D eigenvalue weighted by Gasteiger charge is 2.12. The largest absolute Gasteiger partial charge is 0.450 e. The molecule has 1 atom stereocenters. The van der Waals surface area contributed by atoms with Gasteiger partial charge in [-0.05, 0) is 35.9 Å². The van der Waals surface area contributed by atoms with Crippen molar-refractivity contribution in [2.45, 2.75) is 30.7 Å². The molecule has 0 saturated carbocycles. The molecule has 0 aromatic carbocycles. The Morgan fingerprint density at radius 2 is 2.15 bits per heavy atom. The summed E-state index contributed by atoms with van der Waals surface area (Å²) in [5, 5.41) is 2.41. The summed E-state index contributed by atoms with van der Waals surface area (Å²) < 4.78 is 4.30. The lowest BCUT2D eigenvalue weighted by molar-refractivity contribution is -0.116. The van der Waals surface area contributed by atoms with Crippen LogP contribution in [0.2, 0.25) is 0 Å². The number of ether oxygens (including phenoxy) is 1. The molecule has 1 N–H and O–H groups in total. The van der Waals surface area contributed by atoms with Gasteiger partial charge >= 0.3 is 6.09 Å². The second-order valence-electron chi connectivity index (χ2n) is 2.61. The summed E-state index contributed by atoms with van der Waals surface area (Å²) >= 11 is 1.85. The number of carbonyl (C=O) groups is 2. The Balaban J connectivity index is 3.56. The van der Waals surface area contributed by atoms with Crippen molar-refractivity contribution in [1.82, 2.24) is 5.32 Å². The summed E-state index contributed by atoms with van der Waals surface area (Å²) in [6.07, 6.45) is 1.30. The lowest BCUT2D eigenvalue weighted by Crippen LogP contribution is -2.35. The zero-order chi connectivity index (χ0) is 10.3. The number of ketones is 1. The van der Waals surface area contributed by atoms with Crippen LogP contribution in [0.4, 0.5) is 4.79 Å². The van der Waals surface area contributed by atoms with Crippen LogP contribution in [-0.2, 0) is 9.53 Å². The molecule has 5 heteroatoms. The van der Waals surface area contributed by atoms with Gasteiger partial charge in [0.1, 0.15) is 4.05 Å². The van der Waals surface area contributed by atoms with E-state index in [1.807, 2.05) is 29.5 Å². The van der Waals surface area contributed by atoms with Crippen molar-refractivity contribution < 1.29 is 14.3 Å². The van der Waals surface area contributed by atoms with Gasteiger partial charge in [-0.2, -0.15) is 0 Å². The Morgan fingerprint density at radius 3 is 2.62 bits per heavy atom. The van der Waals surface area contributed by atoms with Crippen LogP contribution < -0.4 is 5.32 Å². The number of alkyl carbamates (subject to hydrolysis) is 1. The van der Waals surface area contributed by atoms with E-state index in [-0.39, 0.29) is 5.78 Å². The van der Waals surface area contributed by atoms with E-state index < -0.39 is 10.1 Å². The smallest absolute Gasteiger partial charge is 0.408 e. The van der Waals surface area contributed by atoms with Crippen molar-refractivity contribution in [2.24, 2.45) is 0 Å². The lowest BCUT2D eigenvalue weighted by atomic mass is 10.4. The normalized spacial score (nSPS) is 11.9. The fraction of sp³-hybridized carbons (Fsp3) is 0.750. The number of unbranched alkanes of at least 4 members (excludes halogenated alkanes) is 1. The summed E-state index contributed by atoms with van der Waals surface area (Å²) in [5.41, 5.74) is 0. The fourth-order valence-corrected chi connectivity index (χ4v) is 0.810. The molecular formula is C8H14INO3. The van der Waals surface area contributed by atoms with Crippen LogP contribution >= 0.6 is 22.6 Å². The molecule has 0 aliphatic carbocycles. The molecule has 1 unspecified atom stereocenters. The van der Waals surface area contributed by atoms with E-state index in [0.29, 0.717) is 6.61 Å². The first-order chi connectivity index (χ1) is 6.07. The van der Waals surface area contributed by atoms with E-state index in [2.05, 4.69) is 5.32 Å². The Hall–Kier alpha value is -0.330. The molecule has 0 spiro atoms. The number of hydrogen-bond donors (Lipinski definition) is 1. The molecule has 4 nitrogen and oxygen atoms in total. The quantitative estimate of drug-likeness (QED) is 0.365. The molecule has 0 radical (unpaired) electrons. The molecule has 0 bridgehead atoms. The maximum absolute atomic E-state index is 10.9. The Labute approximate surface area is 91.5 Å². The zero-order valence-corrected chi connectivity index (χ0v) is 9.96. The van der Waals surface area contributed by atoms with Gasteiger partial charge in [-0.3, -0.25) is 4.79 Å². The van der Waals surface area contributed by atoms with E-state index in [4.69, 9.17) is 4.74 Å². The molecule has 76 valence electrons. The van der Waals surface area contributed by atoms with E-state index in [0.717, 1.165) is 12.8 Å². The number of rotatable bonds is 5. The standard InChI is InChI=1S/C8H14INO3/c1-3-4-5-13-8(12)10-7(9)6(2)11/h7H,3-5H2,1-2H3,(H,10,12). The minimum atomic E-state index is -0.525. The molecule has 1 amide bonds. The first-order valence-electron chi connectivity index (χ1n) is 4.15. The van der Waals surface area contributed by atoms with Crippen LogP contribution in [0, 0.1) is 0 Å². The molecular weight excluding hydrogens is 285 g/mol. The maximum Gasteiger partial charge on any atom is 0.408 e. The summed E-state index contributed by atoms with van der Waals surface area (Å²) in [4.78, 5) is 21.7. The molecule has 13 heavy (non-hydrogen) atoms. The first-order valence-corrected chi connectivity index (χ1v) is 5.40. The van der Waals surface area contributed by atoms with Crippen LogP contribution in [0.3, 0.4) is 0 Å². The Kier molecular flexibility index (Phi) is 6.93. The Morgan fingerprint density at radius 1 is 1.54 bits per heavy atom. The Bertz CT molecular complexity index is 184. The van der Waals surface area contributed by atoms with Crippen LogP contribution in [0.25, 0.3) is 0 Å². The molecule has 0 fully saturated rings. The van der Waals surface area contributed by atoms with Gasteiger partial charge < -0.3 is 10.1 Å². The van der Waals surface area contributed by atoms with Crippen molar-refractivity contribution in [3.63, 3.8) is 0 Å². The number of Topliss-reactive ketones (excluding diaryl/α,β-unsaturated/α-hetero) is 1. The predicted molar refractivity (Wildman–Crippen MR) is 57.9 cm³/mol. The van der Waals surface area contributed by atoms with Crippen molar-refractivity contribution in [2.75, 3.05) is 6.61 Å². The minimum absolute atomic E-state index is 0.0898. The van der Waals surface area contributed by atoms with Crippen LogP contribution in [0.1, 0.15) is 26.7 Å². The number of alkyl halides is 1. The summed E-state index contributed by atoms with van der Waals surface area (Å²) in [7, 11) is 0. The van der Waals surface area contributed by atoms with E-state index in [1.54, 1.807) is 0 Å². The number of halogens is 1. The highest BCUT2D eigenvalue weighted by molar-refractivity contribution is 14.1. The highest BCUT2D eigenvalue weighted by Crippen LogP contribution is 1.98. The number of amides is 1. The molecule has 0 saturated heterocycles. The third kappa shape index (κ3) is 6.80. The van der Waals surface area contributed by atoms with Crippen molar-refractivity contribution >= 4 is 34.5 Å². The number of nitrogens with one attached hydrogen (secondary N) is 1. The van der Waals surface area contributed by atoms with Gasteiger partial charge in [0.25, 0.3) is 0 Å². The third-order valence-electron chi connectivity index (χ3n) is 1.33. The van der Waals surface area contributed by atoms with Crippen molar-refractivity contribution in [3.8, 4) is 0 Å². The molecule has 0 rings (SSSR count). The van der Waals surface area contributed by atoms with Gasteiger partial charge in [-0.1, -0.05) is 13.3 Å². The number of hydrogen-bond acceptors (Lipinski definition) is 3. The van der Waals surface area contributed by atoms with E-state index in [9.17, 15) is 9.59 Å². The second kappa shape index (κ2) is 7.11. The average Bonchev–Trinajstić information content (AvgIpc) is 2.04. The van der Waals surface area contributed by atoms with Gasteiger partial charge in [0.15, 0.2) is 5.78 Å². The zero-order valence-electron chi connectivity index (χ0n) is 7.80. The summed E-state index contributed by atoms with van der Waals surface area (Å²) in [5.74, 6) is -0.0898. The third-order valence-corrected chi connectivity index (χ3v) is 2.52. The topological polar surface area (TPSA) is 55.4 Å². The molecule has 0 aromatic heterocycles.